The first kappa shape index (κ1) is 15.1. The molecular weight excluding hydrogens is 279 g/mol. The molecule has 0 bridgehead atoms. The summed E-state index contributed by atoms with van der Waals surface area (Å²) >= 11 is 12.3. The van der Waals surface area contributed by atoms with Gasteiger partial charge < -0.3 is 5.73 Å². The first-order chi connectivity index (χ1) is 9.02. The van der Waals surface area contributed by atoms with Crippen LogP contribution in [0.25, 0.3) is 0 Å². The Bertz CT molecular complexity index is 436. The van der Waals surface area contributed by atoms with E-state index in [1.54, 1.807) is 0 Å². The van der Waals surface area contributed by atoms with Crippen LogP contribution in [0.3, 0.4) is 0 Å². The van der Waals surface area contributed by atoms with Crippen LogP contribution in [-0.4, -0.2) is 24.0 Å². The second-order valence-electron chi connectivity index (χ2n) is 5.46. The van der Waals surface area contributed by atoms with E-state index < -0.39 is 0 Å². The molecule has 0 spiro atoms. The maximum absolute atomic E-state index is 6.31. The summed E-state index contributed by atoms with van der Waals surface area (Å²) in [6.45, 7) is 6.52. The van der Waals surface area contributed by atoms with Gasteiger partial charge in [-0.15, -0.1) is 0 Å². The average molecular weight is 301 g/mol. The molecule has 1 saturated heterocycles. The zero-order valence-corrected chi connectivity index (χ0v) is 13.1. The van der Waals surface area contributed by atoms with Crippen molar-refractivity contribution in [1.29, 1.82) is 0 Å². The second-order valence-corrected chi connectivity index (χ2v) is 6.30. The summed E-state index contributed by atoms with van der Waals surface area (Å²) < 4.78 is 0. The van der Waals surface area contributed by atoms with E-state index >= 15 is 0 Å². The van der Waals surface area contributed by atoms with E-state index in [9.17, 15) is 0 Å². The van der Waals surface area contributed by atoms with Gasteiger partial charge in [-0.3, -0.25) is 4.90 Å². The molecule has 2 nitrogen and oxygen atoms in total. The molecule has 3 unspecified atom stereocenters. The van der Waals surface area contributed by atoms with Crippen molar-refractivity contribution >= 4 is 23.2 Å². The summed E-state index contributed by atoms with van der Waals surface area (Å²) in [6.07, 6.45) is 2.20. The lowest BCUT2D eigenvalue weighted by Crippen LogP contribution is -2.47. The smallest absolute Gasteiger partial charge is 0.0468 e. The molecule has 3 atom stereocenters. The van der Waals surface area contributed by atoms with E-state index in [4.69, 9.17) is 28.9 Å². The van der Waals surface area contributed by atoms with Crippen molar-refractivity contribution in [2.75, 3.05) is 13.1 Å². The number of nitrogens with zero attached hydrogens (tertiary/aromatic N) is 1. The highest BCUT2D eigenvalue weighted by atomic mass is 35.5. The Labute approximate surface area is 125 Å². The molecule has 1 heterocycles. The van der Waals surface area contributed by atoms with Gasteiger partial charge in [-0.1, -0.05) is 42.6 Å². The van der Waals surface area contributed by atoms with Crippen LogP contribution in [0.1, 0.15) is 38.3 Å². The van der Waals surface area contributed by atoms with Gasteiger partial charge in [0.1, 0.15) is 0 Å². The highest BCUT2D eigenvalue weighted by Crippen LogP contribution is 2.32. The summed E-state index contributed by atoms with van der Waals surface area (Å²) in [5.41, 5.74) is 7.32. The molecule has 0 saturated carbocycles. The van der Waals surface area contributed by atoms with Gasteiger partial charge in [0, 0.05) is 35.2 Å². The van der Waals surface area contributed by atoms with Crippen LogP contribution in [0.4, 0.5) is 0 Å². The third-order valence-electron chi connectivity index (χ3n) is 4.31. The van der Waals surface area contributed by atoms with E-state index in [0.29, 0.717) is 23.0 Å². The molecule has 0 aromatic heterocycles. The fourth-order valence-electron chi connectivity index (χ4n) is 2.90. The summed E-state index contributed by atoms with van der Waals surface area (Å²) in [5.74, 6) is 0.585. The Morgan fingerprint density at radius 2 is 2.16 bits per heavy atom. The first-order valence-corrected chi connectivity index (χ1v) is 7.73. The Hall–Kier alpha value is -0.280. The van der Waals surface area contributed by atoms with E-state index in [1.807, 2.05) is 18.2 Å². The lowest BCUT2D eigenvalue weighted by atomic mass is 9.89. The Morgan fingerprint density at radius 1 is 1.42 bits per heavy atom. The fourth-order valence-corrected chi connectivity index (χ4v) is 3.47. The fraction of sp³-hybridized carbons (Fsp3) is 0.600. The third kappa shape index (κ3) is 3.43. The number of rotatable bonds is 3. The van der Waals surface area contributed by atoms with Gasteiger partial charge in [0.2, 0.25) is 0 Å². The topological polar surface area (TPSA) is 29.3 Å². The van der Waals surface area contributed by atoms with Crippen LogP contribution in [0, 0.1) is 5.92 Å². The summed E-state index contributed by atoms with van der Waals surface area (Å²) in [5, 5.41) is 1.44. The van der Waals surface area contributed by atoms with Crippen LogP contribution in [0.15, 0.2) is 18.2 Å². The number of halogens is 2. The lowest BCUT2D eigenvalue weighted by molar-refractivity contribution is 0.114. The molecule has 4 heteroatoms. The molecule has 2 N–H and O–H groups in total. The number of piperidine rings is 1. The van der Waals surface area contributed by atoms with Crippen molar-refractivity contribution in [3.8, 4) is 0 Å². The number of hydrogen-bond acceptors (Lipinski definition) is 2. The molecule has 0 amide bonds. The van der Waals surface area contributed by atoms with Crippen molar-refractivity contribution < 1.29 is 0 Å². The van der Waals surface area contributed by atoms with Crippen LogP contribution in [-0.2, 0) is 0 Å². The standard InChI is InChI=1S/C15H22Cl2N2/c1-3-11-9-19(7-6-15(11)18)10(2)13-5-4-12(16)8-14(13)17/h4-5,8,10-11,15H,3,6-7,9,18H2,1-2H3. The molecule has 1 aromatic rings. The predicted molar refractivity (Wildman–Crippen MR) is 82.8 cm³/mol. The van der Waals surface area contributed by atoms with Gasteiger partial charge >= 0.3 is 0 Å². The Morgan fingerprint density at radius 3 is 2.79 bits per heavy atom. The average Bonchev–Trinajstić information content (AvgIpc) is 2.38. The van der Waals surface area contributed by atoms with E-state index in [2.05, 4.69) is 18.7 Å². The van der Waals surface area contributed by atoms with Crippen molar-refractivity contribution in [3.63, 3.8) is 0 Å². The van der Waals surface area contributed by atoms with Crippen molar-refractivity contribution in [2.24, 2.45) is 11.7 Å². The van der Waals surface area contributed by atoms with Crippen molar-refractivity contribution in [3.05, 3.63) is 33.8 Å². The SMILES string of the molecule is CCC1CN(C(C)c2ccc(Cl)cc2Cl)CCC1N. The Kier molecular flexibility index (Phi) is 5.13. The van der Waals surface area contributed by atoms with Gasteiger partial charge in [0.15, 0.2) is 0 Å². The van der Waals surface area contributed by atoms with Crippen LogP contribution >= 0.6 is 23.2 Å². The predicted octanol–water partition coefficient (Wildman–Crippen LogP) is 4.11. The minimum absolute atomic E-state index is 0.311. The first-order valence-electron chi connectivity index (χ1n) is 6.97. The molecular formula is C15H22Cl2N2. The molecule has 0 radical (unpaired) electrons. The number of nitrogens with two attached hydrogens (primary N) is 1. The van der Waals surface area contributed by atoms with Gasteiger partial charge in [0.05, 0.1) is 0 Å². The third-order valence-corrected chi connectivity index (χ3v) is 4.87. The van der Waals surface area contributed by atoms with E-state index in [0.717, 1.165) is 36.5 Å². The van der Waals surface area contributed by atoms with Crippen LogP contribution in [0.5, 0.6) is 0 Å². The van der Waals surface area contributed by atoms with Gasteiger partial charge in [-0.05, 0) is 37.0 Å². The Balaban J connectivity index is 2.13. The minimum atomic E-state index is 0.311. The molecule has 1 aliphatic rings. The molecule has 1 fully saturated rings. The van der Waals surface area contributed by atoms with Crippen molar-refractivity contribution in [1.82, 2.24) is 4.90 Å². The van der Waals surface area contributed by atoms with E-state index in [1.165, 1.54) is 0 Å². The quantitative estimate of drug-likeness (QED) is 0.910. The zero-order valence-electron chi connectivity index (χ0n) is 11.6. The normalized spacial score (nSPS) is 26.4. The summed E-state index contributed by atoms with van der Waals surface area (Å²) in [4.78, 5) is 2.48. The highest BCUT2D eigenvalue weighted by Gasteiger charge is 2.29. The monoisotopic (exact) mass is 300 g/mol. The maximum Gasteiger partial charge on any atom is 0.0468 e. The van der Waals surface area contributed by atoms with E-state index in [-0.39, 0.29) is 0 Å². The largest absolute Gasteiger partial charge is 0.327 e. The van der Waals surface area contributed by atoms with Gasteiger partial charge in [0.25, 0.3) is 0 Å². The van der Waals surface area contributed by atoms with Gasteiger partial charge in [-0.2, -0.15) is 0 Å². The zero-order chi connectivity index (χ0) is 14.0. The van der Waals surface area contributed by atoms with Crippen molar-refractivity contribution in [2.45, 2.75) is 38.8 Å². The van der Waals surface area contributed by atoms with Crippen LogP contribution < -0.4 is 5.73 Å². The molecule has 1 aromatic carbocycles. The minimum Gasteiger partial charge on any atom is -0.327 e. The summed E-state index contributed by atoms with van der Waals surface area (Å²) in [7, 11) is 0. The molecule has 2 rings (SSSR count). The maximum atomic E-state index is 6.31. The van der Waals surface area contributed by atoms with Gasteiger partial charge in [-0.25, -0.2) is 0 Å². The molecule has 19 heavy (non-hydrogen) atoms. The number of hydrogen-bond donors (Lipinski definition) is 1. The summed E-state index contributed by atoms with van der Waals surface area (Å²) in [6, 6.07) is 6.42. The second kappa shape index (κ2) is 6.45. The highest BCUT2D eigenvalue weighted by molar-refractivity contribution is 6.35. The molecule has 0 aliphatic carbocycles. The molecule has 1 aliphatic heterocycles. The van der Waals surface area contributed by atoms with Crippen LogP contribution in [0.2, 0.25) is 10.0 Å². The number of benzene rings is 1. The molecule has 106 valence electrons. The number of likely N-dealkylation sites (tertiary alicyclic amines) is 1. The lowest BCUT2D eigenvalue weighted by Gasteiger charge is -2.40.